The first-order valence-electron chi connectivity index (χ1n) is 5.03. The first-order chi connectivity index (χ1) is 6.76. The van der Waals surface area contributed by atoms with Crippen molar-refractivity contribution in [2.45, 2.75) is 25.3 Å². The Hall–Kier alpha value is -0.930. The molecule has 1 heterocycles. The fraction of sp³-hybridized carbons (Fsp3) is 0.545. The normalized spacial score (nSPS) is 25.6. The molecule has 0 spiro atoms. The van der Waals surface area contributed by atoms with E-state index in [1.54, 1.807) is 0 Å². The maximum Gasteiger partial charge on any atom is 0.0901 e. The monoisotopic (exact) mass is 192 g/mol. The third kappa shape index (κ3) is 1.53. The standard InChI is InChI=1S/C11H16N2O/c1-2-13-10-6-4-3-5-9(10)11(12)7-14-8-11/h2,5-6H,3-4,7-8,12H2,1H3. The summed E-state index contributed by atoms with van der Waals surface area (Å²) in [5.41, 5.74) is 8.10. The topological polar surface area (TPSA) is 47.6 Å². The van der Waals surface area contributed by atoms with Gasteiger partial charge in [-0.05, 0) is 25.3 Å². The molecule has 0 unspecified atom stereocenters. The number of hydrogen-bond acceptors (Lipinski definition) is 3. The number of allylic oxidation sites excluding steroid dienone is 2. The van der Waals surface area contributed by atoms with Gasteiger partial charge in [-0.1, -0.05) is 12.2 Å². The maximum atomic E-state index is 6.19. The summed E-state index contributed by atoms with van der Waals surface area (Å²) in [6.45, 7) is 3.17. The van der Waals surface area contributed by atoms with E-state index in [-0.39, 0.29) is 5.54 Å². The highest BCUT2D eigenvalue weighted by atomic mass is 16.5. The molecule has 0 aromatic carbocycles. The fourth-order valence-corrected chi connectivity index (χ4v) is 1.86. The van der Waals surface area contributed by atoms with Crippen molar-refractivity contribution in [3.63, 3.8) is 0 Å². The van der Waals surface area contributed by atoms with Gasteiger partial charge in [0.05, 0.1) is 24.4 Å². The molecule has 2 N–H and O–H groups in total. The zero-order chi connectivity index (χ0) is 10.0. The van der Waals surface area contributed by atoms with Gasteiger partial charge in [0.15, 0.2) is 0 Å². The quantitative estimate of drug-likeness (QED) is 0.672. The average Bonchev–Trinajstić information content (AvgIpc) is 2.16. The Kier molecular flexibility index (Phi) is 2.52. The van der Waals surface area contributed by atoms with Crippen LogP contribution < -0.4 is 5.73 Å². The lowest BCUT2D eigenvalue weighted by molar-refractivity contribution is -0.0331. The van der Waals surface area contributed by atoms with Crippen LogP contribution in [0.2, 0.25) is 0 Å². The fourth-order valence-electron chi connectivity index (χ4n) is 1.86. The second-order valence-corrected chi connectivity index (χ2v) is 3.82. The van der Waals surface area contributed by atoms with Gasteiger partial charge in [-0.25, -0.2) is 0 Å². The highest BCUT2D eigenvalue weighted by Gasteiger charge is 2.39. The van der Waals surface area contributed by atoms with Gasteiger partial charge in [0, 0.05) is 6.21 Å². The van der Waals surface area contributed by atoms with Crippen LogP contribution in [0.1, 0.15) is 19.8 Å². The van der Waals surface area contributed by atoms with Gasteiger partial charge in [0.25, 0.3) is 0 Å². The molecule has 0 bridgehead atoms. The van der Waals surface area contributed by atoms with Gasteiger partial charge < -0.3 is 10.5 Å². The summed E-state index contributed by atoms with van der Waals surface area (Å²) in [7, 11) is 0. The predicted molar refractivity (Wildman–Crippen MR) is 57.3 cm³/mol. The summed E-state index contributed by atoms with van der Waals surface area (Å²) >= 11 is 0. The first kappa shape index (κ1) is 9.62. The van der Waals surface area contributed by atoms with Crippen LogP contribution in [-0.2, 0) is 4.74 Å². The van der Waals surface area contributed by atoms with Gasteiger partial charge >= 0.3 is 0 Å². The van der Waals surface area contributed by atoms with Crippen molar-refractivity contribution in [2.24, 2.45) is 10.7 Å². The Labute approximate surface area is 84.3 Å². The molecule has 0 aromatic heterocycles. The molecule has 76 valence electrons. The van der Waals surface area contributed by atoms with Crippen LogP contribution in [0.15, 0.2) is 28.4 Å². The zero-order valence-corrected chi connectivity index (χ0v) is 8.49. The lowest BCUT2D eigenvalue weighted by atomic mass is 9.83. The highest BCUT2D eigenvalue weighted by Crippen LogP contribution is 2.32. The molecule has 0 radical (unpaired) electrons. The summed E-state index contributed by atoms with van der Waals surface area (Å²) in [5, 5.41) is 0. The largest absolute Gasteiger partial charge is 0.377 e. The Bertz CT molecular complexity index is 311. The van der Waals surface area contributed by atoms with E-state index in [0.29, 0.717) is 13.2 Å². The van der Waals surface area contributed by atoms with E-state index in [1.165, 1.54) is 0 Å². The Morgan fingerprint density at radius 3 is 2.71 bits per heavy atom. The molecule has 0 atom stereocenters. The van der Waals surface area contributed by atoms with Crippen molar-refractivity contribution < 1.29 is 4.74 Å². The van der Waals surface area contributed by atoms with Crippen LogP contribution in [0.25, 0.3) is 0 Å². The molecule has 1 saturated heterocycles. The molecular formula is C11H16N2O. The average molecular weight is 192 g/mol. The number of ether oxygens (including phenoxy) is 1. The van der Waals surface area contributed by atoms with Gasteiger partial charge in [0.1, 0.15) is 0 Å². The molecule has 0 saturated carbocycles. The highest BCUT2D eigenvalue weighted by molar-refractivity contribution is 5.58. The summed E-state index contributed by atoms with van der Waals surface area (Å²) in [5.74, 6) is 0. The molecule has 2 aliphatic rings. The maximum absolute atomic E-state index is 6.19. The van der Waals surface area contributed by atoms with E-state index >= 15 is 0 Å². The lowest BCUT2D eigenvalue weighted by Crippen LogP contribution is -2.59. The number of nitrogens with zero attached hydrogens (tertiary/aromatic N) is 1. The Morgan fingerprint density at radius 2 is 2.14 bits per heavy atom. The molecular weight excluding hydrogens is 176 g/mol. The van der Waals surface area contributed by atoms with Crippen LogP contribution in [-0.4, -0.2) is 25.0 Å². The van der Waals surface area contributed by atoms with Gasteiger partial charge in [0.2, 0.25) is 0 Å². The number of hydrogen-bond donors (Lipinski definition) is 1. The molecule has 1 fully saturated rings. The van der Waals surface area contributed by atoms with Crippen molar-refractivity contribution in [3.05, 3.63) is 23.4 Å². The van der Waals surface area contributed by atoms with Crippen LogP contribution >= 0.6 is 0 Å². The molecule has 1 aliphatic carbocycles. The van der Waals surface area contributed by atoms with Crippen LogP contribution in [0.4, 0.5) is 0 Å². The van der Waals surface area contributed by atoms with Gasteiger partial charge in [-0.15, -0.1) is 0 Å². The van der Waals surface area contributed by atoms with E-state index in [4.69, 9.17) is 10.5 Å². The van der Waals surface area contributed by atoms with Crippen LogP contribution in [0.5, 0.6) is 0 Å². The van der Waals surface area contributed by atoms with E-state index in [1.807, 2.05) is 13.1 Å². The van der Waals surface area contributed by atoms with Crippen molar-refractivity contribution in [1.82, 2.24) is 0 Å². The lowest BCUT2D eigenvalue weighted by Gasteiger charge is -2.40. The van der Waals surface area contributed by atoms with E-state index in [2.05, 4.69) is 17.1 Å². The van der Waals surface area contributed by atoms with Crippen molar-refractivity contribution in [3.8, 4) is 0 Å². The second kappa shape index (κ2) is 3.67. The van der Waals surface area contributed by atoms with Crippen molar-refractivity contribution in [1.29, 1.82) is 0 Å². The second-order valence-electron chi connectivity index (χ2n) is 3.82. The molecule has 0 aromatic rings. The smallest absolute Gasteiger partial charge is 0.0901 e. The Morgan fingerprint density at radius 1 is 1.43 bits per heavy atom. The number of nitrogens with two attached hydrogens (primary N) is 1. The van der Waals surface area contributed by atoms with Crippen LogP contribution in [0, 0.1) is 0 Å². The summed E-state index contributed by atoms with van der Waals surface area (Å²) in [4.78, 5) is 4.35. The minimum absolute atomic E-state index is 0.279. The molecule has 3 nitrogen and oxygen atoms in total. The van der Waals surface area contributed by atoms with E-state index in [9.17, 15) is 0 Å². The molecule has 1 aliphatic heterocycles. The van der Waals surface area contributed by atoms with Crippen molar-refractivity contribution in [2.75, 3.05) is 13.2 Å². The minimum Gasteiger partial charge on any atom is -0.377 e. The third-order valence-corrected chi connectivity index (χ3v) is 2.65. The van der Waals surface area contributed by atoms with E-state index < -0.39 is 0 Å². The molecule has 14 heavy (non-hydrogen) atoms. The summed E-state index contributed by atoms with van der Waals surface area (Å²) in [6.07, 6.45) is 8.30. The van der Waals surface area contributed by atoms with Crippen molar-refractivity contribution >= 4 is 6.21 Å². The molecule has 0 amide bonds. The molecule has 3 heteroatoms. The van der Waals surface area contributed by atoms with Crippen LogP contribution in [0.3, 0.4) is 0 Å². The predicted octanol–water partition coefficient (Wildman–Crippen LogP) is 1.41. The third-order valence-electron chi connectivity index (χ3n) is 2.65. The summed E-state index contributed by atoms with van der Waals surface area (Å²) in [6, 6.07) is 0. The van der Waals surface area contributed by atoms with Gasteiger partial charge in [-0.2, -0.15) is 0 Å². The number of rotatable bonds is 2. The molecule has 2 rings (SSSR count). The zero-order valence-electron chi connectivity index (χ0n) is 8.49. The Balaban J connectivity index is 2.23. The van der Waals surface area contributed by atoms with E-state index in [0.717, 1.165) is 24.1 Å². The minimum atomic E-state index is -0.279. The summed E-state index contributed by atoms with van der Waals surface area (Å²) < 4.78 is 5.17. The number of aliphatic imine (C=N–C) groups is 1. The SMILES string of the molecule is CC=NC1=CCCC=C1C1(N)COC1. The first-order valence-corrected chi connectivity index (χ1v) is 5.03. The van der Waals surface area contributed by atoms with Gasteiger partial charge in [-0.3, -0.25) is 4.99 Å².